The van der Waals surface area contributed by atoms with Gasteiger partial charge in [0, 0.05) is 24.7 Å². The molecule has 20 heavy (non-hydrogen) atoms. The van der Waals surface area contributed by atoms with Crippen LogP contribution in [0.15, 0.2) is 16.6 Å². The smallest absolute Gasteiger partial charge is 0.293 e. The van der Waals surface area contributed by atoms with Crippen molar-refractivity contribution in [3.05, 3.63) is 32.5 Å². The van der Waals surface area contributed by atoms with Crippen LogP contribution in [0.1, 0.15) is 25.7 Å². The number of benzene rings is 1. The molecule has 0 radical (unpaired) electrons. The zero-order valence-corrected chi connectivity index (χ0v) is 12.5. The fourth-order valence-electron chi connectivity index (χ4n) is 2.73. The summed E-state index contributed by atoms with van der Waals surface area (Å²) in [5, 5.41) is 14.1. The molecule has 1 atom stereocenters. The standard InChI is InChI=1S/C13H17BrFN3O2/c14-9-5-13(18(19)20)11(6-10(9)15)17-12(7-16)8-3-1-2-4-8/h5-6,8,12,17H,1-4,7,16H2. The maximum absolute atomic E-state index is 13.6. The lowest BCUT2D eigenvalue weighted by molar-refractivity contribution is -0.384. The van der Waals surface area contributed by atoms with Crippen LogP contribution >= 0.6 is 15.9 Å². The Morgan fingerprint density at radius 2 is 2.15 bits per heavy atom. The average molecular weight is 346 g/mol. The summed E-state index contributed by atoms with van der Waals surface area (Å²) in [7, 11) is 0. The number of nitro benzene ring substituents is 1. The van der Waals surface area contributed by atoms with Crippen molar-refractivity contribution in [3.63, 3.8) is 0 Å². The van der Waals surface area contributed by atoms with E-state index in [1.54, 1.807) is 0 Å². The van der Waals surface area contributed by atoms with Crippen molar-refractivity contribution in [3.8, 4) is 0 Å². The van der Waals surface area contributed by atoms with E-state index in [1.807, 2.05) is 0 Å². The number of nitro groups is 1. The number of halogens is 2. The Labute approximate surface area is 125 Å². The van der Waals surface area contributed by atoms with E-state index in [2.05, 4.69) is 21.2 Å². The molecule has 2 rings (SSSR count). The van der Waals surface area contributed by atoms with Gasteiger partial charge in [-0.15, -0.1) is 0 Å². The first-order valence-corrected chi connectivity index (χ1v) is 7.42. The molecule has 5 nitrogen and oxygen atoms in total. The van der Waals surface area contributed by atoms with Crippen molar-refractivity contribution < 1.29 is 9.31 Å². The van der Waals surface area contributed by atoms with Gasteiger partial charge in [0.2, 0.25) is 0 Å². The monoisotopic (exact) mass is 345 g/mol. The molecule has 1 saturated carbocycles. The van der Waals surface area contributed by atoms with Gasteiger partial charge in [-0.25, -0.2) is 4.39 Å². The Balaban J connectivity index is 2.26. The van der Waals surface area contributed by atoms with Gasteiger partial charge in [0.15, 0.2) is 0 Å². The van der Waals surface area contributed by atoms with E-state index in [9.17, 15) is 14.5 Å². The van der Waals surface area contributed by atoms with Crippen LogP contribution in [0.5, 0.6) is 0 Å². The summed E-state index contributed by atoms with van der Waals surface area (Å²) in [4.78, 5) is 10.5. The highest BCUT2D eigenvalue weighted by molar-refractivity contribution is 9.10. The summed E-state index contributed by atoms with van der Waals surface area (Å²) in [5.74, 6) is -0.133. The van der Waals surface area contributed by atoms with Crippen molar-refractivity contribution in [1.82, 2.24) is 0 Å². The van der Waals surface area contributed by atoms with Crippen LogP contribution in [0.4, 0.5) is 15.8 Å². The van der Waals surface area contributed by atoms with Gasteiger partial charge in [-0.2, -0.15) is 0 Å². The molecular formula is C13H17BrFN3O2. The minimum absolute atomic E-state index is 0.0585. The molecule has 0 amide bonds. The molecule has 1 fully saturated rings. The molecule has 1 aliphatic rings. The lowest BCUT2D eigenvalue weighted by Crippen LogP contribution is -2.35. The molecule has 1 aromatic rings. The van der Waals surface area contributed by atoms with E-state index >= 15 is 0 Å². The van der Waals surface area contributed by atoms with Crippen molar-refractivity contribution in [2.45, 2.75) is 31.7 Å². The number of nitrogens with one attached hydrogen (secondary N) is 1. The van der Waals surface area contributed by atoms with Crippen LogP contribution in [0.25, 0.3) is 0 Å². The second-order valence-electron chi connectivity index (χ2n) is 5.07. The minimum atomic E-state index is -0.528. The first kappa shape index (κ1) is 15.2. The zero-order chi connectivity index (χ0) is 14.7. The molecule has 1 unspecified atom stereocenters. The van der Waals surface area contributed by atoms with Gasteiger partial charge in [-0.05, 0) is 34.7 Å². The quantitative estimate of drug-likeness (QED) is 0.632. The van der Waals surface area contributed by atoms with Gasteiger partial charge in [0.25, 0.3) is 5.69 Å². The number of nitrogens with two attached hydrogens (primary N) is 1. The first-order valence-electron chi connectivity index (χ1n) is 6.63. The Hall–Kier alpha value is -1.21. The van der Waals surface area contributed by atoms with Crippen LogP contribution < -0.4 is 11.1 Å². The highest BCUT2D eigenvalue weighted by Gasteiger charge is 2.26. The molecule has 3 N–H and O–H groups in total. The number of rotatable bonds is 5. The molecule has 0 heterocycles. The minimum Gasteiger partial charge on any atom is -0.375 e. The predicted octanol–water partition coefficient (Wildman–Crippen LogP) is 3.43. The van der Waals surface area contributed by atoms with E-state index in [4.69, 9.17) is 5.73 Å². The molecule has 0 aromatic heterocycles. The predicted molar refractivity (Wildman–Crippen MR) is 79.2 cm³/mol. The summed E-state index contributed by atoms with van der Waals surface area (Å²) in [6.45, 7) is 0.375. The Bertz CT molecular complexity index is 507. The maximum atomic E-state index is 13.6. The van der Waals surface area contributed by atoms with Gasteiger partial charge in [0.1, 0.15) is 11.5 Å². The Morgan fingerprint density at radius 3 is 2.70 bits per heavy atom. The number of nitrogens with zero attached hydrogens (tertiary/aromatic N) is 1. The van der Waals surface area contributed by atoms with Crippen molar-refractivity contribution in [1.29, 1.82) is 0 Å². The van der Waals surface area contributed by atoms with Crippen molar-refractivity contribution >= 4 is 27.3 Å². The van der Waals surface area contributed by atoms with Crippen molar-refractivity contribution in [2.75, 3.05) is 11.9 Å². The van der Waals surface area contributed by atoms with Gasteiger partial charge in [0.05, 0.1) is 9.40 Å². The van der Waals surface area contributed by atoms with Crippen molar-refractivity contribution in [2.24, 2.45) is 11.7 Å². The highest BCUT2D eigenvalue weighted by Crippen LogP contribution is 2.34. The van der Waals surface area contributed by atoms with Gasteiger partial charge in [-0.1, -0.05) is 12.8 Å². The lowest BCUT2D eigenvalue weighted by atomic mass is 9.98. The van der Waals surface area contributed by atoms with E-state index in [0.29, 0.717) is 12.5 Å². The highest BCUT2D eigenvalue weighted by atomic mass is 79.9. The van der Waals surface area contributed by atoms with Gasteiger partial charge < -0.3 is 11.1 Å². The summed E-state index contributed by atoms with van der Waals surface area (Å²) in [6.07, 6.45) is 4.42. The maximum Gasteiger partial charge on any atom is 0.293 e. The number of anilines is 1. The molecule has 0 spiro atoms. The van der Waals surface area contributed by atoms with E-state index in [0.717, 1.165) is 31.7 Å². The zero-order valence-electron chi connectivity index (χ0n) is 10.9. The SMILES string of the molecule is NCC(Nc1cc(F)c(Br)cc1[N+](=O)[O-])C1CCCC1. The van der Waals surface area contributed by atoms with Gasteiger partial charge >= 0.3 is 0 Å². The van der Waals surface area contributed by atoms with E-state index in [1.165, 1.54) is 6.07 Å². The largest absolute Gasteiger partial charge is 0.375 e. The fraction of sp³-hybridized carbons (Fsp3) is 0.538. The van der Waals surface area contributed by atoms with E-state index in [-0.39, 0.29) is 21.9 Å². The molecule has 1 aromatic carbocycles. The Morgan fingerprint density at radius 1 is 1.50 bits per heavy atom. The molecular weight excluding hydrogens is 329 g/mol. The summed E-state index contributed by atoms with van der Waals surface area (Å²) in [6, 6.07) is 2.27. The Kier molecular flexibility index (Phi) is 4.93. The molecule has 1 aliphatic carbocycles. The third kappa shape index (κ3) is 3.27. The van der Waals surface area contributed by atoms with Gasteiger partial charge in [-0.3, -0.25) is 10.1 Å². The molecule has 0 aliphatic heterocycles. The molecule has 7 heteroatoms. The second kappa shape index (κ2) is 6.49. The third-order valence-electron chi connectivity index (χ3n) is 3.80. The summed E-state index contributed by atoms with van der Waals surface area (Å²) in [5.41, 5.74) is 5.81. The molecule has 0 saturated heterocycles. The van der Waals surface area contributed by atoms with Crippen LogP contribution in [0.3, 0.4) is 0 Å². The topological polar surface area (TPSA) is 81.2 Å². The number of hydrogen-bond acceptors (Lipinski definition) is 4. The number of hydrogen-bond donors (Lipinski definition) is 2. The average Bonchev–Trinajstić information content (AvgIpc) is 2.93. The van der Waals surface area contributed by atoms with Crippen LogP contribution in [-0.4, -0.2) is 17.5 Å². The summed E-state index contributed by atoms with van der Waals surface area (Å²) < 4.78 is 13.7. The summed E-state index contributed by atoms with van der Waals surface area (Å²) >= 11 is 2.97. The molecule has 0 bridgehead atoms. The van der Waals surface area contributed by atoms with Crippen LogP contribution in [0.2, 0.25) is 0 Å². The lowest BCUT2D eigenvalue weighted by Gasteiger charge is -2.24. The first-order chi connectivity index (χ1) is 9.52. The third-order valence-corrected chi connectivity index (χ3v) is 4.41. The molecule has 110 valence electrons. The van der Waals surface area contributed by atoms with Crippen LogP contribution in [0, 0.1) is 21.8 Å². The normalized spacial score (nSPS) is 17.1. The van der Waals surface area contributed by atoms with Crippen LogP contribution in [-0.2, 0) is 0 Å². The van der Waals surface area contributed by atoms with E-state index < -0.39 is 10.7 Å². The fourth-order valence-corrected chi connectivity index (χ4v) is 3.06. The second-order valence-corrected chi connectivity index (χ2v) is 5.93.